The molecule has 0 fully saturated rings. The molecule has 2 N–H and O–H groups in total. The summed E-state index contributed by atoms with van der Waals surface area (Å²) in [5.41, 5.74) is 2.95. The molecule has 0 radical (unpaired) electrons. The quantitative estimate of drug-likeness (QED) is 0.669. The number of benzene rings is 2. The van der Waals surface area contributed by atoms with Crippen LogP contribution < -0.4 is 10.6 Å². The second-order valence-corrected chi connectivity index (χ2v) is 7.17. The van der Waals surface area contributed by atoms with Gasteiger partial charge < -0.3 is 10.6 Å². The molecule has 1 heterocycles. The molecule has 0 unspecified atom stereocenters. The number of thiocarbonyl (C=S) groups is 1. The topological polar surface area (TPSA) is 54.0 Å². The molecule has 0 aliphatic carbocycles. The van der Waals surface area contributed by atoms with Crippen molar-refractivity contribution in [2.24, 2.45) is 0 Å². The summed E-state index contributed by atoms with van der Waals surface area (Å²) in [7, 11) is 0. The SMILES string of the molecule is Cc1ccc2nc(NC(=S)NC(=O)Cc3ccc(Cl)cc3)sc2c1. The average molecular weight is 376 g/mol. The maximum Gasteiger partial charge on any atom is 0.230 e. The van der Waals surface area contributed by atoms with E-state index in [-0.39, 0.29) is 17.4 Å². The molecule has 24 heavy (non-hydrogen) atoms. The number of hydrogen-bond acceptors (Lipinski definition) is 4. The van der Waals surface area contributed by atoms with E-state index in [9.17, 15) is 4.79 Å². The smallest absolute Gasteiger partial charge is 0.230 e. The zero-order valence-corrected chi connectivity index (χ0v) is 15.2. The van der Waals surface area contributed by atoms with E-state index in [0.717, 1.165) is 15.8 Å². The van der Waals surface area contributed by atoms with Crippen molar-refractivity contribution in [1.82, 2.24) is 10.3 Å². The van der Waals surface area contributed by atoms with Gasteiger partial charge in [0.1, 0.15) is 0 Å². The molecule has 0 bridgehead atoms. The molecule has 0 aliphatic rings. The van der Waals surface area contributed by atoms with Crippen molar-refractivity contribution in [2.45, 2.75) is 13.3 Å². The van der Waals surface area contributed by atoms with E-state index >= 15 is 0 Å². The Balaban J connectivity index is 1.59. The Morgan fingerprint density at radius 1 is 1.25 bits per heavy atom. The van der Waals surface area contributed by atoms with Gasteiger partial charge in [0.2, 0.25) is 5.91 Å². The first-order valence-corrected chi connectivity index (χ1v) is 8.82. The largest absolute Gasteiger partial charge is 0.308 e. The van der Waals surface area contributed by atoms with E-state index in [1.54, 1.807) is 12.1 Å². The molecule has 0 saturated carbocycles. The molecule has 0 spiro atoms. The van der Waals surface area contributed by atoms with Gasteiger partial charge in [0.15, 0.2) is 10.2 Å². The number of halogens is 1. The number of anilines is 1. The highest BCUT2D eigenvalue weighted by Crippen LogP contribution is 2.26. The lowest BCUT2D eigenvalue weighted by Crippen LogP contribution is -2.35. The first-order chi connectivity index (χ1) is 11.5. The first kappa shape index (κ1) is 16.8. The molecule has 1 amide bonds. The van der Waals surface area contributed by atoms with Gasteiger partial charge in [-0.3, -0.25) is 4.79 Å². The summed E-state index contributed by atoms with van der Waals surface area (Å²) in [4.78, 5) is 16.5. The van der Waals surface area contributed by atoms with Gasteiger partial charge in [0.05, 0.1) is 16.6 Å². The Morgan fingerprint density at radius 3 is 2.75 bits per heavy atom. The second kappa shape index (κ2) is 7.25. The summed E-state index contributed by atoms with van der Waals surface area (Å²) in [6, 6.07) is 13.2. The number of fused-ring (bicyclic) bond motifs is 1. The minimum atomic E-state index is -0.188. The number of nitrogens with zero attached hydrogens (tertiary/aromatic N) is 1. The van der Waals surface area contributed by atoms with Crippen LogP contribution in [0.4, 0.5) is 5.13 Å². The van der Waals surface area contributed by atoms with Crippen LogP contribution in [0, 0.1) is 6.92 Å². The number of aromatic nitrogens is 1. The van der Waals surface area contributed by atoms with Crippen molar-refractivity contribution in [1.29, 1.82) is 0 Å². The summed E-state index contributed by atoms with van der Waals surface area (Å²) in [5.74, 6) is -0.188. The van der Waals surface area contributed by atoms with Crippen LogP contribution in [0.2, 0.25) is 5.02 Å². The Bertz CT molecular complexity index is 906. The van der Waals surface area contributed by atoms with Gasteiger partial charge >= 0.3 is 0 Å². The zero-order valence-electron chi connectivity index (χ0n) is 12.8. The molecular weight excluding hydrogens is 362 g/mol. The normalized spacial score (nSPS) is 10.6. The van der Waals surface area contributed by atoms with Gasteiger partial charge in [-0.25, -0.2) is 4.98 Å². The zero-order chi connectivity index (χ0) is 17.1. The third-order valence-corrected chi connectivity index (χ3v) is 4.68. The van der Waals surface area contributed by atoms with Crippen molar-refractivity contribution in [3.8, 4) is 0 Å². The predicted molar refractivity (Wildman–Crippen MR) is 104 cm³/mol. The fraction of sp³-hybridized carbons (Fsp3) is 0.118. The Labute approximate surface area is 153 Å². The number of nitrogens with one attached hydrogen (secondary N) is 2. The lowest BCUT2D eigenvalue weighted by Gasteiger charge is -2.07. The number of carbonyl (C=O) groups is 1. The van der Waals surface area contributed by atoms with Crippen molar-refractivity contribution in [3.63, 3.8) is 0 Å². The standard InChI is InChI=1S/C17H14ClN3OS2/c1-10-2-7-13-14(8-10)24-17(19-13)21-16(23)20-15(22)9-11-3-5-12(18)6-4-11/h2-8H,9H2,1H3,(H2,19,20,21,22,23). The van der Waals surface area contributed by atoms with Crippen molar-refractivity contribution < 1.29 is 4.79 Å². The fourth-order valence-electron chi connectivity index (χ4n) is 2.17. The maximum absolute atomic E-state index is 12.0. The molecule has 122 valence electrons. The number of thiazole rings is 1. The van der Waals surface area contributed by atoms with Gasteiger partial charge in [-0.1, -0.05) is 41.1 Å². The maximum atomic E-state index is 12.0. The van der Waals surface area contributed by atoms with Crippen LogP contribution >= 0.6 is 35.2 Å². The number of aryl methyl sites for hydroxylation is 1. The highest BCUT2D eigenvalue weighted by atomic mass is 35.5. The van der Waals surface area contributed by atoms with Gasteiger partial charge in [0, 0.05) is 5.02 Å². The summed E-state index contributed by atoms with van der Waals surface area (Å²) in [5, 5.41) is 7.17. The summed E-state index contributed by atoms with van der Waals surface area (Å²) < 4.78 is 1.08. The average Bonchev–Trinajstić information content (AvgIpc) is 2.90. The highest BCUT2D eigenvalue weighted by molar-refractivity contribution is 7.80. The molecule has 3 rings (SSSR count). The third-order valence-electron chi connectivity index (χ3n) is 3.30. The van der Waals surface area contributed by atoms with Crippen molar-refractivity contribution in [2.75, 3.05) is 5.32 Å². The molecule has 0 atom stereocenters. The van der Waals surface area contributed by atoms with Crippen LogP contribution in [0.1, 0.15) is 11.1 Å². The molecule has 0 aliphatic heterocycles. The predicted octanol–water partition coefficient (Wildman–Crippen LogP) is 4.31. The number of carbonyl (C=O) groups excluding carboxylic acids is 1. The molecule has 2 aromatic carbocycles. The van der Waals surface area contributed by atoms with Crippen LogP contribution in [0.3, 0.4) is 0 Å². The molecule has 4 nitrogen and oxygen atoms in total. The Morgan fingerprint density at radius 2 is 2.00 bits per heavy atom. The van der Waals surface area contributed by atoms with Gasteiger partial charge in [0.25, 0.3) is 0 Å². The van der Waals surface area contributed by atoms with E-state index in [2.05, 4.69) is 21.7 Å². The molecule has 1 aromatic heterocycles. The van der Waals surface area contributed by atoms with Crippen LogP contribution in [0.25, 0.3) is 10.2 Å². The Kier molecular flexibility index (Phi) is 5.08. The van der Waals surface area contributed by atoms with E-state index < -0.39 is 0 Å². The third kappa shape index (κ3) is 4.29. The molecule has 0 saturated heterocycles. The van der Waals surface area contributed by atoms with Gasteiger partial charge in [-0.15, -0.1) is 0 Å². The molecule has 3 aromatic rings. The number of hydrogen-bond donors (Lipinski definition) is 2. The van der Waals surface area contributed by atoms with Gasteiger partial charge in [-0.2, -0.15) is 0 Å². The Hall–Kier alpha value is -2.02. The fourth-order valence-corrected chi connectivity index (χ4v) is 3.54. The van der Waals surface area contributed by atoms with E-state index in [1.165, 1.54) is 16.9 Å². The number of rotatable bonds is 3. The van der Waals surface area contributed by atoms with Crippen LogP contribution in [-0.2, 0) is 11.2 Å². The minimum absolute atomic E-state index is 0.188. The van der Waals surface area contributed by atoms with Crippen molar-refractivity contribution >= 4 is 61.5 Å². The van der Waals surface area contributed by atoms with E-state index in [0.29, 0.717) is 10.2 Å². The highest BCUT2D eigenvalue weighted by Gasteiger charge is 2.09. The summed E-state index contributed by atoms with van der Waals surface area (Å²) in [6.45, 7) is 2.04. The van der Waals surface area contributed by atoms with E-state index in [4.69, 9.17) is 23.8 Å². The lowest BCUT2D eigenvalue weighted by molar-refractivity contribution is -0.119. The summed E-state index contributed by atoms with van der Waals surface area (Å²) in [6.07, 6.45) is 0.234. The monoisotopic (exact) mass is 375 g/mol. The van der Waals surface area contributed by atoms with Crippen molar-refractivity contribution in [3.05, 3.63) is 58.6 Å². The minimum Gasteiger partial charge on any atom is -0.308 e. The first-order valence-electron chi connectivity index (χ1n) is 7.22. The van der Waals surface area contributed by atoms with E-state index in [1.807, 2.05) is 31.2 Å². The lowest BCUT2D eigenvalue weighted by atomic mass is 10.1. The second-order valence-electron chi connectivity index (χ2n) is 5.30. The van der Waals surface area contributed by atoms with Crippen LogP contribution in [0.5, 0.6) is 0 Å². The number of amides is 1. The molecular formula is C17H14ClN3OS2. The van der Waals surface area contributed by atoms with Crippen LogP contribution in [0.15, 0.2) is 42.5 Å². The molecule has 7 heteroatoms. The van der Waals surface area contributed by atoms with Gasteiger partial charge in [-0.05, 0) is 54.5 Å². The summed E-state index contributed by atoms with van der Waals surface area (Å²) >= 11 is 12.5. The van der Waals surface area contributed by atoms with Crippen LogP contribution in [-0.4, -0.2) is 16.0 Å².